The number of nitrogen functional groups attached to an aromatic ring is 1. The van der Waals surface area contributed by atoms with Crippen LogP contribution in [0.15, 0.2) is 24.3 Å². The quantitative estimate of drug-likeness (QED) is 0.774. The van der Waals surface area contributed by atoms with Crippen LogP contribution in [0.2, 0.25) is 0 Å². The van der Waals surface area contributed by atoms with Gasteiger partial charge in [-0.15, -0.1) is 0 Å². The number of rotatable bonds is 6. The van der Waals surface area contributed by atoms with Crippen molar-refractivity contribution in [2.75, 3.05) is 20.0 Å². The van der Waals surface area contributed by atoms with Gasteiger partial charge < -0.3 is 25.1 Å². The van der Waals surface area contributed by atoms with E-state index in [4.69, 9.17) is 19.9 Å². The lowest BCUT2D eigenvalue weighted by molar-refractivity contribution is -0.0147. The molecule has 0 amide bonds. The first-order chi connectivity index (χ1) is 11.7. The highest BCUT2D eigenvalue weighted by molar-refractivity contribution is 5.55. The summed E-state index contributed by atoms with van der Waals surface area (Å²) in [6, 6.07) is 6.95. The van der Waals surface area contributed by atoms with Crippen LogP contribution in [0.25, 0.3) is 0 Å². The Labute approximate surface area is 147 Å². The number of methoxy groups -OCH3 is 2. The van der Waals surface area contributed by atoms with Gasteiger partial charge in [-0.2, -0.15) is 9.97 Å². The van der Waals surface area contributed by atoms with Crippen molar-refractivity contribution in [3.8, 4) is 11.8 Å². The molecule has 1 unspecified atom stereocenters. The first kappa shape index (κ1) is 19.0. The Morgan fingerprint density at radius 1 is 1.12 bits per heavy atom. The van der Waals surface area contributed by atoms with Crippen LogP contribution in [0.1, 0.15) is 43.8 Å². The first-order valence-electron chi connectivity index (χ1n) is 7.91. The molecule has 1 heterocycles. The fourth-order valence-electron chi connectivity index (χ4n) is 2.18. The lowest BCUT2D eigenvalue weighted by Crippen LogP contribution is -2.19. The molecule has 25 heavy (non-hydrogen) atoms. The highest BCUT2D eigenvalue weighted by atomic mass is 16.5. The van der Waals surface area contributed by atoms with E-state index in [9.17, 15) is 5.11 Å². The fourth-order valence-corrected chi connectivity index (χ4v) is 2.18. The number of hydrogen-bond acceptors (Lipinski definition) is 7. The Balaban J connectivity index is 2.35. The molecule has 2 rings (SSSR count). The highest BCUT2D eigenvalue weighted by Crippen LogP contribution is 2.30. The van der Waals surface area contributed by atoms with Crippen molar-refractivity contribution in [3.05, 3.63) is 41.2 Å². The van der Waals surface area contributed by atoms with Gasteiger partial charge in [0.1, 0.15) is 6.10 Å². The molecule has 0 aliphatic heterocycles. The van der Waals surface area contributed by atoms with Crippen molar-refractivity contribution in [2.45, 2.75) is 39.1 Å². The zero-order valence-corrected chi connectivity index (χ0v) is 15.2. The predicted molar refractivity (Wildman–Crippen MR) is 94.6 cm³/mol. The van der Waals surface area contributed by atoms with Gasteiger partial charge in [0.15, 0.2) is 5.82 Å². The minimum atomic E-state index is -1.11. The van der Waals surface area contributed by atoms with Crippen LogP contribution in [0, 0.1) is 0 Å². The van der Waals surface area contributed by atoms with Crippen LogP contribution >= 0.6 is 0 Å². The summed E-state index contributed by atoms with van der Waals surface area (Å²) in [4.78, 5) is 8.36. The molecule has 0 fully saturated rings. The number of hydrogen-bond donors (Lipinski definition) is 2. The molecule has 0 spiro atoms. The molecule has 136 valence electrons. The number of para-hydroxylation sites is 1. The second-order valence-corrected chi connectivity index (χ2v) is 6.53. The summed E-state index contributed by atoms with van der Waals surface area (Å²) in [5.41, 5.74) is 7.69. The molecule has 1 atom stereocenters. The van der Waals surface area contributed by atoms with Crippen molar-refractivity contribution >= 4 is 5.69 Å². The smallest absolute Gasteiger partial charge is 0.220 e. The number of nitrogens with zero attached hydrogens (tertiary/aromatic N) is 2. The monoisotopic (exact) mass is 347 g/mol. The van der Waals surface area contributed by atoms with Crippen LogP contribution in [0.5, 0.6) is 11.8 Å². The van der Waals surface area contributed by atoms with Crippen molar-refractivity contribution < 1.29 is 19.3 Å². The molecule has 0 aliphatic carbocycles. The van der Waals surface area contributed by atoms with Gasteiger partial charge in [-0.1, -0.05) is 18.2 Å². The molecule has 0 saturated heterocycles. The van der Waals surface area contributed by atoms with Crippen LogP contribution in [0.3, 0.4) is 0 Å². The molecule has 0 bridgehead atoms. The fraction of sp³-hybridized carbons (Fsp3) is 0.444. The van der Waals surface area contributed by atoms with E-state index in [1.54, 1.807) is 6.07 Å². The third kappa shape index (κ3) is 4.80. The Kier molecular flexibility index (Phi) is 5.81. The molecule has 1 aromatic heterocycles. The number of aliphatic hydroxyl groups is 1. The molecule has 7 nitrogen and oxygen atoms in total. The highest BCUT2D eigenvalue weighted by Gasteiger charge is 2.21. The molecule has 0 aliphatic rings. The van der Waals surface area contributed by atoms with E-state index in [-0.39, 0.29) is 11.4 Å². The van der Waals surface area contributed by atoms with E-state index in [2.05, 4.69) is 9.97 Å². The number of nitrogens with two attached hydrogens (primary N) is 1. The summed E-state index contributed by atoms with van der Waals surface area (Å²) < 4.78 is 16.0. The maximum Gasteiger partial charge on any atom is 0.220 e. The minimum Gasteiger partial charge on any atom is -0.481 e. The SMILES string of the molecule is COc1cc(OC)nc(C(O)c2cccc(COC(C)(C)C)c2N)n1. The summed E-state index contributed by atoms with van der Waals surface area (Å²) in [6.07, 6.45) is -1.11. The lowest BCUT2D eigenvalue weighted by atomic mass is 10.0. The summed E-state index contributed by atoms with van der Waals surface area (Å²) in [5.74, 6) is 0.746. The van der Waals surface area contributed by atoms with Crippen molar-refractivity contribution in [2.24, 2.45) is 0 Å². The molecular formula is C18H25N3O4. The first-order valence-corrected chi connectivity index (χ1v) is 7.91. The number of aliphatic hydroxyl groups excluding tert-OH is 1. The van der Waals surface area contributed by atoms with Gasteiger partial charge >= 0.3 is 0 Å². The van der Waals surface area contributed by atoms with Gasteiger partial charge in [0.05, 0.1) is 32.5 Å². The van der Waals surface area contributed by atoms with Crippen molar-refractivity contribution in [1.29, 1.82) is 0 Å². The molecule has 2 aromatic rings. The Bertz CT molecular complexity index is 706. The zero-order valence-electron chi connectivity index (χ0n) is 15.2. The van der Waals surface area contributed by atoms with E-state index in [1.807, 2.05) is 32.9 Å². The van der Waals surface area contributed by atoms with Crippen molar-refractivity contribution in [1.82, 2.24) is 9.97 Å². The Morgan fingerprint density at radius 3 is 2.24 bits per heavy atom. The second kappa shape index (κ2) is 7.67. The predicted octanol–water partition coefficient (Wildman–Crippen LogP) is 2.47. The lowest BCUT2D eigenvalue weighted by Gasteiger charge is -2.21. The van der Waals surface area contributed by atoms with Crippen LogP contribution < -0.4 is 15.2 Å². The van der Waals surface area contributed by atoms with E-state index < -0.39 is 6.10 Å². The van der Waals surface area contributed by atoms with Gasteiger partial charge in [-0.05, 0) is 20.8 Å². The summed E-state index contributed by atoms with van der Waals surface area (Å²) in [7, 11) is 2.97. The van der Waals surface area contributed by atoms with Crippen molar-refractivity contribution in [3.63, 3.8) is 0 Å². The number of anilines is 1. The summed E-state index contributed by atoms with van der Waals surface area (Å²) in [5, 5.41) is 10.7. The summed E-state index contributed by atoms with van der Waals surface area (Å²) >= 11 is 0. The molecule has 7 heteroatoms. The van der Waals surface area contributed by atoms with E-state index >= 15 is 0 Å². The van der Waals surface area contributed by atoms with Crippen LogP contribution in [-0.4, -0.2) is 34.9 Å². The maximum atomic E-state index is 10.7. The molecule has 0 saturated carbocycles. The van der Waals surface area contributed by atoms with Crippen LogP contribution in [-0.2, 0) is 11.3 Å². The van der Waals surface area contributed by atoms with Gasteiger partial charge in [0, 0.05) is 16.8 Å². The Morgan fingerprint density at radius 2 is 1.72 bits per heavy atom. The third-order valence-electron chi connectivity index (χ3n) is 3.54. The standard InChI is InChI=1S/C18H25N3O4/c1-18(2,3)25-10-11-7-6-8-12(15(11)19)16(22)17-20-13(23-4)9-14(21-17)24-5/h6-9,16,22H,10,19H2,1-5H3. The average Bonchev–Trinajstić information content (AvgIpc) is 2.59. The minimum absolute atomic E-state index is 0.150. The third-order valence-corrected chi connectivity index (χ3v) is 3.54. The van der Waals surface area contributed by atoms with Gasteiger partial charge in [-0.3, -0.25) is 0 Å². The van der Waals surface area contributed by atoms with Crippen LogP contribution in [0.4, 0.5) is 5.69 Å². The zero-order chi connectivity index (χ0) is 18.6. The Hall–Kier alpha value is -2.38. The largest absolute Gasteiger partial charge is 0.481 e. The molecular weight excluding hydrogens is 322 g/mol. The number of aromatic nitrogens is 2. The molecule has 0 radical (unpaired) electrons. The molecule has 1 aromatic carbocycles. The van der Waals surface area contributed by atoms with Gasteiger partial charge in [0.25, 0.3) is 0 Å². The number of benzene rings is 1. The van der Waals surface area contributed by atoms with Gasteiger partial charge in [-0.25, -0.2) is 0 Å². The maximum absolute atomic E-state index is 10.7. The normalized spacial score (nSPS) is 12.7. The second-order valence-electron chi connectivity index (χ2n) is 6.53. The number of ether oxygens (including phenoxy) is 3. The van der Waals surface area contributed by atoms with E-state index in [1.165, 1.54) is 20.3 Å². The topological polar surface area (TPSA) is 99.7 Å². The van der Waals surface area contributed by atoms with E-state index in [0.29, 0.717) is 29.6 Å². The molecule has 3 N–H and O–H groups in total. The summed E-state index contributed by atoms with van der Waals surface area (Å²) in [6.45, 7) is 6.26. The van der Waals surface area contributed by atoms with E-state index in [0.717, 1.165) is 5.56 Å². The average molecular weight is 347 g/mol. The van der Waals surface area contributed by atoms with Gasteiger partial charge in [0.2, 0.25) is 11.8 Å².